The van der Waals surface area contributed by atoms with Crippen LogP contribution in [0.15, 0.2) is 24.0 Å². The molecule has 0 fully saturated rings. The molecule has 0 unspecified atom stereocenters. The van der Waals surface area contributed by atoms with E-state index < -0.39 is 0 Å². The first-order valence-corrected chi connectivity index (χ1v) is 7.09. The van der Waals surface area contributed by atoms with E-state index in [4.69, 9.17) is 5.84 Å². The Labute approximate surface area is 119 Å². The lowest BCUT2D eigenvalue weighted by Gasteiger charge is -2.08. The van der Waals surface area contributed by atoms with Crippen molar-refractivity contribution in [3.05, 3.63) is 34.7 Å². The maximum absolute atomic E-state index is 5.42. The molecule has 8 heteroatoms. The third-order valence-corrected chi connectivity index (χ3v) is 3.68. The molecule has 104 valence electrons. The first kappa shape index (κ1) is 12.8. The lowest BCUT2D eigenvalue weighted by Crippen LogP contribution is -2.13. The summed E-state index contributed by atoms with van der Waals surface area (Å²) < 4.78 is 1.87. The fourth-order valence-corrected chi connectivity index (χ4v) is 2.60. The molecule has 0 saturated carbocycles. The maximum atomic E-state index is 5.42. The number of hydrogen-bond acceptors (Lipinski definition) is 7. The number of imidazole rings is 1. The number of hydrazine groups is 1. The third-order valence-electron chi connectivity index (χ3n) is 2.86. The first-order valence-electron chi connectivity index (χ1n) is 6.21. The average Bonchev–Trinajstić information content (AvgIpc) is 3.07. The highest BCUT2D eigenvalue weighted by Gasteiger charge is 2.07. The summed E-state index contributed by atoms with van der Waals surface area (Å²) in [6.45, 7) is 2.75. The molecular weight excluding hydrogens is 274 g/mol. The molecule has 0 aliphatic carbocycles. The second kappa shape index (κ2) is 5.43. The van der Waals surface area contributed by atoms with E-state index in [-0.39, 0.29) is 0 Å². The van der Waals surface area contributed by atoms with Gasteiger partial charge in [-0.3, -0.25) is 0 Å². The van der Waals surface area contributed by atoms with Crippen molar-refractivity contribution in [2.45, 2.75) is 13.3 Å². The van der Waals surface area contributed by atoms with E-state index in [9.17, 15) is 0 Å². The molecule has 0 aliphatic heterocycles. The number of aryl methyl sites for hydroxylation is 1. The van der Waals surface area contributed by atoms with Crippen LogP contribution in [0.4, 0.5) is 11.6 Å². The highest BCUT2D eigenvalue weighted by atomic mass is 32.1. The number of nitrogens with one attached hydrogen (secondary N) is 2. The van der Waals surface area contributed by atoms with E-state index in [1.54, 1.807) is 23.7 Å². The molecule has 3 rings (SSSR count). The van der Waals surface area contributed by atoms with E-state index in [1.165, 1.54) is 0 Å². The molecule has 0 aliphatic rings. The summed E-state index contributed by atoms with van der Waals surface area (Å²) >= 11 is 1.66. The van der Waals surface area contributed by atoms with Gasteiger partial charge in [0.25, 0.3) is 0 Å². The summed E-state index contributed by atoms with van der Waals surface area (Å²) in [5.74, 6) is 6.71. The summed E-state index contributed by atoms with van der Waals surface area (Å²) in [5.41, 5.74) is 4.42. The van der Waals surface area contributed by atoms with Crippen molar-refractivity contribution in [1.29, 1.82) is 0 Å². The summed E-state index contributed by atoms with van der Waals surface area (Å²) in [6.07, 6.45) is 6.22. The number of fused-ring (bicyclic) bond motifs is 1. The molecule has 3 heterocycles. The zero-order valence-corrected chi connectivity index (χ0v) is 11.8. The van der Waals surface area contributed by atoms with Crippen molar-refractivity contribution in [1.82, 2.24) is 19.4 Å². The first-order chi connectivity index (χ1) is 9.76. The molecule has 3 aromatic rings. The Morgan fingerprint density at radius 3 is 3.05 bits per heavy atom. The maximum Gasteiger partial charge on any atom is 0.180 e. The number of anilines is 2. The van der Waals surface area contributed by atoms with E-state index in [0.717, 1.165) is 29.3 Å². The number of nitrogens with zero attached hydrogens (tertiary/aromatic N) is 4. The topological polar surface area (TPSA) is 93.2 Å². The van der Waals surface area contributed by atoms with Gasteiger partial charge in [0, 0.05) is 30.7 Å². The molecule has 0 bridgehead atoms. The fraction of sp³-hybridized carbons (Fsp3) is 0.250. The molecule has 0 radical (unpaired) electrons. The second-order valence-corrected chi connectivity index (χ2v) is 5.37. The zero-order chi connectivity index (χ0) is 13.9. The number of hydrogen-bond donors (Lipinski definition) is 3. The van der Waals surface area contributed by atoms with Crippen LogP contribution in [-0.4, -0.2) is 25.9 Å². The molecule has 0 atom stereocenters. The van der Waals surface area contributed by atoms with Crippen LogP contribution in [0.5, 0.6) is 0 Å². The number of nitrogen functional groups attached to an aromatic ring is 1. The van der Waals surface area contributed by atoms with E-state index in [0.29, 0.717) is 11.6 Å². The predicted octanol–water partition coefficient (Wildman–Crippen LogP) is 1.43. The highest BCUT2D eigenvalue weighted by molar-refractivity contribution is 7.09. The van der Waals surface area contributed by atoms with Crippen molar-refractivity contribution < 1.29 is 0 Å². The monoisotopic (exact) mass is 289 g/mol. The summed E-state index contributed by atoms with van der Waals surface area (Å²) in [5, 5.41) is 6.44. The Morgan fingerprint density at radius 1 is 1.40 bits per heavy atom. The summed E-state index contributed by atoms with van der Waals surface area (Å²) in [7, 11) is 0. The van der Waals surface area contributed by atoms with Crippen molar-refractivity contribution >= 4 is 28.6 Å². The van der Waals surface area contributed by atoms with Gasteiger partial charge in [0.2, 0.25) is 0 Å². The minimum absolute atomic E-state index is 0.586. The lowest BCUT2D eigenvalue weighted by atomic mass is 10.3. The summed E-state index contributed by atoms with van der Waals surface area (Å²) in [4.78, 5) is 13.1. The highest BCUT2D eigenvalue weighted by Crippen LogP contribution is 2.16. The molecule has 4 N–H and O–H groups in total. The third kappa shape index (κ3) is 2.56. The van der Waals surface area contributed by atoms with Crippen LogP contribution < -0.4 is 16.6 Å². The quantitative estimate of drug-likeness (QED) is 0.486. The Balaban J connectivity index is 1.74. The van der Waals surface area contributed by atoms with Gasteiger partial charge in [0.15, 0.2) is 17.3 Å². The van der Waals surface area contributed by atoms with Gasteiger partial charge in [-0.1, -0.05) is 0 Å². The van der Waals surface area contributed by atoms with Crippen molar-refractivity contribution in [2.75, 3.05) is 17.3 Å². The van der Waals surface area contributed by atoms with Crippen LogP contribution in [0.3, 0.4) is 0 Å². The van der Waals surface area contributed by atoms with Gasteiger partial charge >= 0.3 is 0 Å². The van der Waals surface area contributed by atoms with Gasteiger partial charge in [-0.15, -0.1) is 11.3 Å². The normalized spacial score (nSPS) is 10.9. The van der Waals surface area contributed by atoms with Crippen LogP contribution in [0, 0.1) is 6.92 Å². The minimum atomic E-state index is 0.586. The minimum Gasteiger partial charge on any atom is -0.367 e. The Hall–Kier alpha value is -2.19. The summed E-state index contributed by atoms with van der Waals surface area (Å²) in [6, 6.07) is 0. The molecular formula is C12H15N7S. The van der Waals surface area contributed by atoms with Crippen molar-refractivity contribution in [3.8, 4) is 0 Å². The van der Waals surface area contributed by atoms with E-state index in [1.807, 2.05) is 17.5 Å². The lowest BCUT2D eigenvalue weighted by molar-refractivity contribution is 0.956. The van der Waals surface area contributed by atoms with Crippen LogP contribution in [0.1, 0.15) is 10.7 Å². The average molecular weight is 289 g/mol. The molecule has 0 spiro atoms. The molecule has 0 saturated heterocycles. The Morgan fingerprint density at radius 2 is 2.30 bits per heavy atom. The van der Waals surface area contributed by atoms with Crippen molar-refractivity contribution in [2.24, 2.45) is 5.84 Å². The second-order valence-electron chi connectivity index (χ2n) is 4.31. The molecule has 7 nitrogen and oxygen atoms in total. The number of aromatic nitrogens is 4. The van der Waals surface area contributed by atoms with E-state index in [2.05, 4.69) is 31.1 Å². The zero-order valence-electron chi connectivity index (χ0n) is 11.0. The van der Waals surface area contributed by atoms with Gasteiger partial charge < -0.3 is 15.1 Å². The van der Waals surface area contributed by atoms with Gasteiger partial charge in [-0.25, -0.2) is 20.8 Å². The molecule has 0 amide bonds. The fourth-order valence-electron chi connectivity index (χ4n) is 1.95. The number of nitrogens with two attached hydrogens (primary N) is 1. The Kier molecular flexibility index (Phi) is 3.48. The van der Waals surface area contributed by atoms with Crippen LogP contribution >= 0.6 is 11.3 Å². The van der Waals surface area contributed by atoms with Gasteiger partial charge in [-0.2, -0.15) is 0 Å². The SMILES string of the molecule is Cc1nc(CCNc2nc(NN)cn3ccnc23)cs1. The number of rotatable bonds is 5. The van der Waals surface area contributed by atoms with Crippen molar-refractivity contribution in [3.63, 3.8) is 0 Å². The van der Waals surface area contributed by atoms with E-state index >= 15 is 0 Å². The van der Waals surface area contributed by atoms with Gasteiger partial charge in [0.1, 0.15) is 0 Å². The van der Waals surface area contributed by atoms with Crippen LogP contribution in [-0.2, 0) is 6.42 Å². The van der Waals surface area contributed by atoms with Crippen LogP contribution in [0.25, 0.3) is 5.65 Å². The number of thiazole rings is 1. The molecule has 3 aromatic heterocycles. The van der Waals surface area contributed by atoms with Crippen LogP contribution in [0.2, 0.25) is 0 Å². The standard InChI is InChI=1S/C12H15N7S/c1-8-16-9(7-20-8)2-3-14-11-12-15-4-5-19(12)6-10(17-11)18-13/h4-7,18H,2-3,13H2,1H3,(H,14,17). The predicted molar refractivity (Wildman–Crippen MR) is 79.8 cm³/mol. The van der Waals surface area contributed by atoms with Gasteiger partial charge in [0.05, 0.1) is 16.9 Å². The molecule has 20 heavy (non-hydrogen) atoms. The molecule has 0 aromatic carbocycles. The Bertz CT molecular complexity index is 717. The largest absolute Gasteiger partial charge is 0.367 e. The smallest absolute Gasteiger partial charge is 0.180 e. The van der Waals surface area contributed by atoms with Gasteiger partial charge in [-0.05, 0) is 6.92 Å².